The molecule has 0 aliphatic heterocycles. The summed E-state index contributed by atoms with van der Waals surface area (Å²) in [6.07, 6.45) is 1.83. The molecule has 0 saturated heterocycles. The van der Waals surface area contributed by atoms with Crippen LogP contribution in [0.3, 0.4) is 0 Å². The molecule has 0 amide bonds. The van der Waals surface area contributed by atoms with Crippen molar-refractivity contribution in [3.63, 3.8) is 0 Å². The highest BCUT2D eigenvalue weighted by atomic mass is 35.5. The van der Waals surface area contributed by atoms with Crippen LogP contribution in [0.2, 0.25) is 5.02 Å². The Kier molecular flexibility index (Phi) is 2.77. The van der Waals surface area contributed by atoms with Gasteiger partial charge >= 0.3 is 0 Å². The Hall–Kier alpha value is -1.86. The smallest absolute Gasteiger partial charge is 0.0708 e. The maximum Gasteiger partial charge on any atom is 0.0708 e. The standard InChI is InChI=1S/C16H12ClN/c1-11-6-7-16-14(10-11)12(8-9-18-16)13-4-2-3-5-15(13)17/h2-10H,1H3. The molecular weight excluding hydrogens is 242 g/mol. The molecule has 3 aromatic rings. The Morgan fingerprint density at radius 2 is 1.78 bits per heavy atom. The van der Waals surface area contributed by atoms with Crippen LogP contribution in [-0.4, -0.2) is 4.98 Å². The Labute approximate surface area is 111 Å². The number of benzene rings is 2. The first kappa shape index (κ1) is 11.2. The lowest BCUT2D eigenvalue weighted by Crippen LogP contribution is -1.86. The highest BCUT2D eigenvalue weighted by molar-refractivity contribution is 6.33. The van der Waals surface area contributed by atoms with Gasteiger partial charge in [-0.3, -0.25) is 4.98 Å². The molecule has 3 rings (SSSR count). The van der Waals surface area contributed by atoms with Crippen molar-refractivity contribution in [2.45, 2.75) is 6.92 Å². The van der Waals surface area contributed by atoms with Gasteiger partial charge in [0.05, 0.1) is 5.52 Å². The number of hydrogen-bond donors (Lipinski definition) is 0. The van der Waals surface area contributed by atoms with Gasteiger partial charge in [0.2, 0.25) is 0 Å². The van der Waals surface area contributed by atoms with Gasteiger partial charge in [0.1, 0.15) is 0 Å². The predicted octanol–water partition coefficient (Wildman–Crippen LogP) is 4.86. The highest BCUT2D eigenvalue weighted by Gasteiger charge is 2.07. The SMILES string of the molecule is Cc1ccc2nccc(-c3ccccc3Cl)c2c1. The molecule has 0 saturated carbocycles. The maximum absolute atomic E-state index is 6.28. The van der Waals surface area contributed by atoms with E-state index in [1.807, 2.05) is 42.6 Å². The van der Waals surface area contributed by atoms with Crippen molar-refractivity contribution in [1.29, 1.82) is 0 Å². The molecule has 0 bridgehead atoms. The van der Waals surface area contributed by atoms with Crippen LogP contribution in [0.4, 0.5) is 0 Å². The van der Waals surface area contributed by atoms with Crippen LogP contribution >= 0.6 is 11.6 Å². The number of aryl methyl sites for hydroxylation is 1. The summed E-state index contributed by atoms with van der Waals surface area (Å²) in [5.41, 5.74) is 4.41. The summed E-state index contributed by atoms with van der Waals surface area (Å²) in [6, 6.07) is 16.2. The number of halogens is 1. The number of nitrogens with zero attached hydrogens (tertiary/aromatic N) is 1. The van der Waals surface area contributed by atoms with E-state index in [0.29, 0.717) is 0 Å². The monoisotopic (exact) mass is 253 g/mol. The second-order valence-electron chi connectivity index (χ2n) is 4.36. The van der Waals surface area contributed by atoms with Crippen LogP contribution in [0.25, 0.3) is 22.0 Å². The third kappa shape index (κ3) is 1.87. The van der Waals surface area contributed by atoms with E-state index >= 15 is 0 Å². The van der Waals surface area contributed by atoms with Crippen molar-refractivity contribution in [2.75, 3.05) is 0 Å². The Balaban J connectivity index is 2.36. The number of fused-ring (bicyclic) bond motifs is 1. The molecule has 0 aliphatic carbocycles. The topological polar surface area (TPSA) is 12.9 Å². The summed E-state index contributed by atoms with van der Waals surface area (Å²) in [4.78, 5) is 4.40. The Bertz CT molecular complexity index is 719. The number of aromatic nitrogens is 1. The van der Waals surface area contributed by atoms with E-state index in [4.69, 9.17) is 11.6 Å². The Morgan fingerprint density at radius 1 is 0.944 bits per heavy atom. The van der Waals surface area contributed by atoms with E-state index in [2.05, 4.69) is 24.0 Å². The van der Waals surface area contributed by atoms with Crippen molar-refractivity contribution >= 4 is 22.5 Å². The zero-order chi connectivity index (χ0) is 12.5. The second kappa shape index (κ2) is 4.43. The van der Waals surface area contributed by atoms with Gasteiger partial charge in [-0.15, -0.1) is 0 Å². The number of hydrogen-bond acceptors (Lipinski definition) is 1. The van der Waals surface area contributed by atoms with Crippen molar-refractivity contribution in [2.24, 2.45) is 0 Å². The fourth-order valence-corrected chi connectivity index (χ4v) is 2.41. The normalized spacial score (nSPS) is 10.8. The first-order valence-corrected chi connectivity index (χ1v) is 6.24. The summed E-state index contributed by atoms with van der Waals surface area (Å²) < 4.78 is 0. The van der Waals surface area contributed by atoms with Crippen LogP contribution in [0, 0.1) is 6.92 Å². The predicted molar refractivity (Wildman–Crippen MR) is 76.9 cm³/mol. The quantitative estimate of drug-likeness (QED) is 0.603. The fourth-order valence-electron chi connectivity index (χ4n) is 2.17. The molecule has 0 radical (unpaired) electrons. The molecule has 1 heterocycles. The first-order chi connectivity index (χ1) is 8.75. The van der Waals surface area contributed by atoms with Crippen molar-refractivity contribution in [1.82, 2.24) is 4.98 Å². The highest BCUT2D eigenvalue weighted by Crippen LogP contribution is 2.32. The minimum Gasteiger partial charge on any atom is -0.256 e. The van der Waals surface area contributed by atoms with E-state index in [9.17, 15) is 0 Å². The average Bonchev–Trinajstić information content (AvgIpc) is 2.39. The first-order valence-electron chi connectivity index (χ1n) is 5.86. The zero-order valence-corrected chi connectivity index (χ0v) is 10.8. The van der Waals surface area contributed by atoms with Gasteiger partial charge in [-0.2, -0.15) is 0 Å². The van der Waals surface area contributed by atoms with Crippen LogP contribution in [0.5, 0.6) is 0 Å². The summed E-state index contributed by atoms with van der Waals surface area (Å²) in [5.74, 6) is 0. The molecule has 0 aliphatic rings. The van der Waals surface area contributed by atoms with Gasteiger partial charge in [-0.25, -0.2) is 0 Å². The molecule has 2 heteroatoms. The summed E-state index contributed by atoms with van der Waals surface area (Å²) in [7, 11) is 0. The van der Waals surface area contributed by atoms with Gasteiger partial charge in [0.25, 0.3) is 0 Å². The van der Waals surface area contributed by atoms with E-state index < -0.39 is 0 Å². The molecular formula is C16H12ClN. The van der Waals surface area contributed by atoms with Crippen molar-refractivity contribution in [3.8, 4) is 11.1 Å². The summed E-state index contributed by atoms with van der Waals surface area (Å²) in [6.45, 7) is 2.09. The van der Waals surface area contributed by atoms with Crippen LogP contribution < -0.4 is 0 Å². The van der Waals surface area contributed by atoms with Crippen molar-refractivity contribution in [3.05, 3.63) is 65.3 Å². The molecule has 0 spiro atoms. The molecule has 1 nitrogen and oxygen atoms in total. The van der Waals surface area contributed by atoms with E-state index in [1.165, 1.54) is 5.56 Å². The molecule has 88 valence electrons. The van der Waals surface area contributed by atoms with Crippen LogP contribution in [0.1, 0.15) is 5.56 Å². The molecule has 1 aromatic heterocycles. The lowest BCUT2D eigenvalue weighted by molar-refractivity contribution is 1.39. The summed E-state index contributed by atoms with van der Waals surface area (Å²) >= 11 is 6.28. The lowest BCUT2D eigenvalue weighted by Gasteiger charge is -2.08. The minimum absolute atomic E-state index is 0.770. The molecule has 0 fully saturated rings. The second-order valence-corrected chi connectivity index (χ2v) is 4.77. The summed E-state index contributed by atoms with van der Waals surface area (Å²) in [5, 5.41) is 1.91. The third-order valence-electron chi connectivity index (χ3n) is 3.06. The van der Waals surface area contributed by atoms with E-state index in [0.717, 1.165) is 27.1 Å². The average molecular weight is 254 g/mol. The van der Waals surface area contributed by atoms with Gasteiger partial charge in [0, 0.05) is 22.2 Å². The molecule has 0 N–H and O–H groups in total. The minimum atomic E-state index is 0.770. The molecule has 0 atom stereocenters. The van der Waals surface area contributed by atoms with Crippen LogP contribution in [0.15, 0.2) is 54.7 Å². The lowest BCUT2D eigenvalue weighted by atomic mass is 10.00. The third-order valence-corrected chi connectivity index (χ3v) is 3.39. The molecule has 18 heavy (non-hydrogen) atoms. The number of rotatable bonds is 1. The van der Waals surface area contributed by atoms with E-state index in [-0.39, 0.29) is 0 Å². The van der Waals surface area contributed by atoms with Crippen LogP contribution in [-0.2, 0) is 0 Å². The largest absolute Gasteiger partial charge is 0.256 e. The van der Waals surface area contributed by atoms with Crippen molar-refractivity contribution < 1.29 is 0 Å². The Morgan fingerprint density at radius 3 is 2.61 bits per heavy atom. The molecule has 2 aromatic carbocycles. The zero-order valence-electron chi connectivity index (χ0n) is 10.0. The fraction of sp³-hybridized carbons (Fsp3) is 0.0625. The molecule has 0 unspecified atom stereocenters. The van der Waals surface area contributed by atoms with Gasteiger partial charge in [-0.1, -0.05) is 41.4 Å². The van der Waals surface area contributed by atoms with Gasteiger partial charge < -0.3 is 0 Å². The number of pyridine rings is 1. The van der Waals surface area contributed by atoms with Gasteiger partial charge in [-0.05, 0) is 36.8 Å². The van der Waals surface area contributed by atoms with Gasteiger partial charge in [0.15, 0.2) is 0 Å². The van der Waals surface area contributed by atoms with E-state index in [1.54, 1.807) is 0 Å². The maximum atomic E-state index is 6.28.